The van der Waals surface area contributed by atoms with E-state index < -0.39 is 10.8 Å². The van der Waals surface area contributed by atoms with Crippen LogP contribution in [0.2, 0.25) is 5.02 Å². The number of benzene rings is 2. The fraction of sp³-hybridized carbons (Fsp3) is 0.188. The van der Waals surface area contributed by atoms with Gasteiger partial charge >= 0.3 is 0 Å². The minimum absolute atomic E-state index is 0.0500. The van der Waals surface area contributed by atoms with Crippen LogP contribution in [-0.4, -0.2) is 22.9 Å². The number of rotatable bonds is 6. The van der Waals surface area contributed by atoms with Crippen molar-refractivity contribution >= 4 is 28.2 Å². The maximum absolute atomic E-state index is 12.2. The molecule has 0 amide bonds. The second kappa shape index (κ2) is 7.38. The van der Waals surface area contributed by atoms with Gasteiger partial charge in [0.15, 0.2) is 5.78 Å². The van der Waals surface area contributed by atoms with Crippen LogP contribution in [0.25, 0.3) is 0 Å². The third-order valence-electron chi connectivity index (χ3n) is 2.97. The normalized spacial score (nSPS) is 11.9. The average molecular weight is 323 g/mol. The molecule has 0 aliphatic rings. The van der Waals surface area contributed by atoms with E-state index >= 15 is 0 Å². The first-order chi connectivity index (χ1) is 10.1. The standard InChI is InChI=1S/C16H15ClO3S/c1-20-16-9-5-3-7-13(16)15(18)11-21(19)10-12-6-2-4-8-14(12)17/h2-9H,10-11H2,1H3. The summed E-state index contributed by atoms with van der Waals surface area (Å²) in [6, 6.07) is 14.1. The molecule has 21 heavy (non-hydrogen) atoms. The molecule has 0 spiro atoms. The van der Waals surface area contributed by atoms with Crippen molar-refractivity contribution in [1.82, 2.24) is 0 Å². The second-order valence-corrected chi connectivity index (χ2v) is 6.31. The van der Waals surface area contributed by atoms with E-state index in [1.807, 2.05) is 18.2 Å². The van der Waals surface area contributed by atoms with E-state index in [-0.39, 0.29) is 17.3 Å². The van der Waals surface area contributed by atoms with E-state index in [9.17, 15) is 9.00 Å². The van der Waals surface area contributed by atoms with Crippen LogP contribution in [0.3, 0.4) is 0 Å². The van der Waals surface area contributed by atoms with Gasteiger partial charge in [-0.15, -0.1) is 0 Å². The molecule has 0 aromatic heterocycles. The Hall–Kier alpha value is -1.65. The molecule has 0 radical (unpaired) electrons. The number of Topliss-reactive ketones (excluding diaryl/α,β-unsaturated/α-hetero) is 1. The van der Waals surface area contributed by atoms with Crippen molar-refractivity contribution in [2.75, 3.05) is 12.9 Å². The molecule has 0 fully saturated rings. The summed E-state index contributed by atoms with van der Waals surface area (Å²) >= 11 is 6.03. The van der Waals surface area contributed by atoms with Gasteiger partial charge in [-0.05, 0) is 23.8 Å². The van der Waals surface area contributed by atoms with Crippen molar-refractivity contribution in [3.8, 4) is 5.75 Å². The molecule has 0 saturated heterocycles. The smallest absolute Gasteiger partial charge is 0.179 e. The zero-order valence-electron chi connectivity index (χ0n) is 11.5. The van der Waals surface area contributed by atoms with Gasteiger partial charge in [0.2, 0.25) is 0 Å². The van der Waals surface area contributed by atoms with Crippen LogP contribution in [0.1, 0.15) is 15.9 Å². The average Bonchev–Trinajstić information content (AvgIpc) is 2.49. The summed E-state index contributed by atoms with van der Waals surface area (Å²) in [6.07, 6.45) is 0. The lowest BCUT2D eigenvalue weighted by Crippen LogP contribution is -2.13. The maximum atomic E-state index is 12.2. The van der Waals surface area contributed by atoms with Crippen LogP contribution in [-0.2, 0) is 16.6 Å². The fourth-order valence-corrected chi connectivity index (χ4v) is 3.37. The zero-order chi connectivity index (χ0) is 15.2. The van der Waals surface area contributed by atoms with Crippen LogP contribution in [0.4, 0.5) is 0 Å². The molecule has 0 heterocycles. The molecule has 1 unspecified atom stereocenters. The van der Waals surface area contributed by atoms with Crippen LogP contribution < -0.4 is 4.74 Å². The first kappa shape index (κ1) is 15.7. The number of para-hydroxylation sites is 1. The summed E-state index contributed by atoms with van der Waals surface area (Å²) in [6.45, 7) is 0. The molecule has 2 aromatic carbocycles. The zero-order valence-corrected chi connectivity index (χ0v) is 13.1. The van der Waals surface area contributed by atoms with Crippen LogP contribution in [0, 0.1) is 0 Å². The largest absolute Gasteiger partial charge is 0.496 e. The number of hydrogen-bond acceptors (Lipinski definition) is 3. The van der Waals surface area contributed by atoms with E-state index in [1.165, 1.54) is 7.11 Å². The molecule has 3 nitrogen and oxygen atoms in total. The van der Waals surface area contributed by atoms with Gasteiger partial charge < -0.3 is 4.74 Å². The van der Waals surface area contributed by atoms with Crippen LogP contribution in [0.5, 0.6) is 5.75 Å². The Morgan fingerprint density at radius 2 is 1.81 bits per heavy atom. The Bertz CT molecular complexity index is 670. The Balaban J connectivity index is 2.06. The summed E-state index contributed by atoms with van der Waals surface area (Å²) in [7, 11) is 0.195. The molecule has 2 rings (SSSR count). The maximum Gasteiger partial charge on any atom is 0.179 e. The highest BCUT2D eigenvalue weighted by molar-refractivity contribution is 7.85. The summed E-state index contributed by atoms with van der Waals surface area (Å²) in [5.41, 5.74) is 1.23. The molecule has 0 aliphatic heterocycles. The predicted molar refractivity (Wildman–Crippen MR) is 85.5 cm³/mol. The van der Waals surface area contributed by atoms with Gasteiger partial charge in [0.25, 0.3) is 0 Å². The van der Waals surface area contributed by atoms with E-state index in [4.69, 9.17) is 16.3 Å². The van der Waals surface area contributed by atoms with Crippen molar-refractivity contribution in [2.24, 2.45) is 0 Å². The highest BCUT2D eigenvalue weighted by Gasteiger charge is 2.15. The highest BCUT2D eigenvalue weighted by atomic mass is 35.5. The summed E-state index contributed by atoms with van der Waals surface area (Å²) in [5.74, 6) is 0.515. The first-order valence-corrected chi connectivity index (χ1v) is 8.23. The number of hydrogen-bond donors (Lipinski definition) is 0. The van der Waals surface area contributed by atoms with Crippen molar-refractivity contribution < 1.29 is 13.7 Å². The lowest BCUT2D eigenvalue weighted by atomic mass is 10.1. The highest BCUT2D eigenvalue weighted by Crippen LogP contribution is 2.20. The van der Waals surface area contributed by atoms with Gasteiger partial charge in [0.05, 0.1) is 24.2 Å². The molecule has 0 bridgehead atoms. The Morgan fingerprint density at radius 3 is 2.52 bits per heavy atom. The lowest BCUT2D eigenvalue weighted by Gasteiger charge is -2.07. The van der Waals surface area contributed by atoms with Crippen molar-refractivity contribution in [3.05, 3.63) is 64.7 Å². The number of carbonyl (C=O) groups is 1. The van der Waals surface area contributed by atoms with E-state index in [1.54, 1.807) is 30.3 Å². The Labute approximate surface area is 131 Å². The van der Waals surface area contributed by atoms with Crippen LogP contribution in [0.15, 0.2) is 48.5 Å². The third kappa shape index (κ3) is 4.16. The molecule has 110 valence electrons. The summed E-state index contributed by atoms with van der Waals surface area (Å²) in [5, 5.41) is 0.565. The molecular weight excluding hydrogens is 308 g/mol. The number of ketones is 1. The number of halogens is 1. The molecule has 2 aromatic rings. The second-order valence-electron chi connectivity index (χ2n) is 4.44. The van der Waals surface area contributed by atoms with Crippen molar-refractivity contribution in [2.45, 2.75) is 5.75 Å². The lowest BCUT2D eigenvalue weighted by molar-refractivity contribution is 0.101. The van der Waals surface area contributed by atoms with Crippen molar-refractivity contribution in [1.29, 1.82) is 0 Å². The minimum Gasteiger partial charge on any atom is -0.496 e. The quantitative estimate of drug-likeness (QED) is 0.765. The van der Waals surface area contributed by atoms with Gasteiger partial charge in [-0.1, -0.05) is 41.9 Å². The van der Waals surface area contributed by atoms with Crippen molar-refractivity contribution in [3.63, 3.8) is 0 Å². The molecule has 0 N–H and O–H groups in total. The van der Waals surface area contributed by atoms with Gasteiger partial charge in [-0.3, -0.25) is 9.00 Å². The number of methoxy groups -OCH3 is 1. The minimum atomic E-state index is -1.31. The summed E-state index contributed by atoms with van der Waals surface area (Å²) < 4.78 is 17.3. The first-order valence-electron chi connectivity index (χ1n) is 6.36. The van der Waals surface area contributed by atoms with E-state index in [2.05, 4.69) is 0 Å². The van der Waals surface area contributed by atoms with Gasteiger partial charge in [-0.2, -0.15) is 0 Å². The van der Waals surface area contributed by atoms with E-state index in [0.29, 0.717) is 16.3 Å². The monoisotopic (exact) mass is 322 g/mol. The molecule has 0 aliphatic carbocycles. The van der Waals surface area contributed by atoms with Gasteiger partial charge in [0, 0.05) is 15.8 Å². The summed E-state index contributed by atoms with van der Waals surface area (Å²) in [4.78, 5) is 12.2. The molecule has 0 saturated carbocycles. The fourth-order valence-electron chi connectivity index (χ4n) is 1.94. The topological polar surface area (TPSA) is 43.4 Å². The SMILES string of the molecule is COc1ccccc1C(=O)CS(=O)Cc1ccccc1Cl. The molecule has 5 heteroatoms. The number of carbonyl (C=O) groups excluding carboxylic acids is 1. The molecular formula is C16H15ClO3S. The van der Waals surface area contributed by atoms with Gasteiger partial charge in [-0.25, -0.2) is 0 Å². The third-order valence-corrected chi connectivity index (χ3v) is 4.56. The van der Waals surface area contributed by atoms with Gasteiger partial charge in [0.1, 0.15) is 5.75 Å². The molecule has 1 atom stereocenters. The number of ether oxygens (including phenoxy) is 1. The van der Waals surface area contributed by atoms with E-state index in [0.717, 1.165) is 5.56 Å². The van der Waals surface area contributed by atoms with Crippen LogP contribution >= 0.6 is 11.6 Å². The Morgan fingerprint density at radius 1 is 1.14 bits per heavy atom. The Kier molecular flexibility index (Phi) is 5.53. The predicted octanol–water partition coefficient (Wildman–Crippen LogP) is 3.48.